The smallest absolute Gasteiger partial charge is 0.269 e. The topological polar surface area (TPSA) is 72.0 Å². The SMILES string of the molecule is CNC(=O)c1ccc(CC(=O)c2ccccc2Cl)c(-c2ccccn2)n1. The minimum atomic E-state index is -0.300. The Balaban J connectivity index is 2.02. The van der Waals surface area contributed by atoms with Crippen LogP contribution in [0, 0.1) is 0 Å². The highest BCUT2D eigenvalue weighted by Gasteiger charge is 2.17. The third-order valence-corrected chi connectivity index (χ3v) is 4.20. The molecule has 0 aliphatic rings. The number of ketones is 1. The van der Waals surface area contributed by atoms with Crippen LogP contribution in [0.5, 0.6) is 0 Å². The summed E-state index contributed by atoms with van der Waals surface area (Å²) in [5, 5.41) is 2.96. The molecule has 130 valence electrons. The molecule has 26 heavy (non-hydrogen) atoms. The number of amides is 1. The van der Waals surface area contributed by atoms with E-state index in [2.05, 4.69) is 15.3 Å². The number of nitrogens with zero attached hydrogens (tertiary/aromatic N) is 2. The zero-order valence-electron chi connectivity index (χ0n) is 14.1. The van der Waals surface area contributed by atoms with E-state index in [1.54, 1.807) is 61.8 Å². The highest BCUT2D eigenvalue weighted by atomic mass is 35.5. The molecular weight excluding hydrogens is 350 g/mol. The molecule has 0 aliphatic heterocycles. The van der Waals surface area contributed by atoms with Crippen molar-refractivity contribution in [3.63, 3.8) is 0 Å². The quantitative estimate of drug-likeness (QED) is 0.701. The summed E-state index contributed by atoms with van der Waals surface area (Å²) in [5.74, 6) is -0.423. The van der Waals surface area contributed by atoms with Gasteiger partial charge in [0.2, 0.25) is 0 Å². The lowest BCUT2D eigenvalue weighted by atomic mass is 10.00. The Hall–Kier alpha value is -3.05. The maximum atomic E-state index is 12.7. The number of rotatable bonds is 5. The summed E-state index contributed by atoms with van der Waals surface area (Å²) in [5.41, 5.74) is 2.51. The first-order valence-corrected chi connectivity index (χ1v) is 8.39. The van der Waals surface area contributed by atoms with Crippen LogP contribution in [0.4, 0.5) is 0 Å². The Morgan fingerprint density at radius 2 is 1.81 bits per heavy atom. The molecule has 0 atom stereocenters. The van der Waals surface area contributed by atoms with Crippen molar-refractivity contribution >= 4 is 23.3 Å². The highest BCUT2D eigenvalue weighted by molar-refractivity contribution is 6.34. The van der Waals surface area contributed by atoms with Crippen LogP contribution in [0.15, 0.2) is 60.8 Å². The highest BCUT2D eigenvalue weighted by Crippen LogP contribution is 2.23. The van der Waals surface area contributed by atoms with Crippen molar-refractivity contribution < 1.29 is 9.59 Å². The normalized spacial score (nSPS) is 10.4. The molecule has 6 heteroatoms. The molecule has 0 spiro atoms. The van der Waals surface area contributed by atoms with Crippen molar-refractivity contribution in [3.8, 4) is 11.4 Å². The number of aromatic nitrogens is 2. The molecule has 1 amide bonds. The first-order valence-electron chi connectivity index (χ1n) is 8.01. The number of carbonyl (C=O) groups is 2. The minimum Gasteiger partial charge on any atom is -0.354 e. The Labute approximate surface area is 156 Å². The molecule has 3 rings (SSSR count). The Bertz CT molecular complexity index is 958. The van der Waals surface area contributed by atoms with Crippen LogP contribution in [0.1, 0.15) is 26.4 Å². The summed E-state index contributed by atoms with van der Waals surface area (Å²) >= 11 is 6.13. The van der Waals surface area contributed by atoms with Crippen molar-refractivity contribution in [3.05, 3.63) is 82.6 Å². The zero-order valence-corrected chi connectivity index (χ0v) is 14.8. The van der Waals surface area contributed by atoms with Crippen LogP contribution in [-0.4, -0.2) is 28.7 Å². The Morgan fingerprint density at radius 1 is 1.04 bits per heavy atom. The van der Waals surface area contributed by atoms with Crippen LogP contribution >= 0.6 is 11.6 Å². The minimum absolute atomic E-state index is 0.108. The average Bonchev–Trinajstić information content (AvgIpc) is 2.68. The van der Waals surface area contributed by atoms with Crippen LogP contribution in [-0.2, 0) is 6.42 Å². The van der Waals surface area contributed by atoms with Crippen molar-refractivity contribution in [2.45, 2.75) is 6.42 Å². The van der Waals surface area contributed by atoms with Crippen LogP contribution in [0.3, 0.4) is 0 Å². The van der Waals surface area contributed by atoms with Crippen LogP contribution in [0.25, 0.3) is 11.4 Å². The summed E-state index contributed by atoms with van der Waals surface area (Å²) in [6, 6.07) is 15.7. The number of benzene rings is 1. The fraction of sp³-hybridized carbons (Fsp3) is 0.100. The molecule has 0 unspecified atom stereocenters. The standard InChI is InChI=1S/C20H16ClN3O2/c1-22-20(26)17-10-9-13(19(24-17)16-8-4-5-11-23-16)12-18(25)14-6-2-3-7-15(14)21/h2-11H,12H2,1H3,(H,22,26). The van der Waals surface area contributed by atoms with Gasteiger partial charge in [-0.15, -0.1) is 0 Å². The number of halogens is 1. The number of hydrogen-bond donors (Lipinski definition) is 1. The molecule has 2 heterocycles. The van der Waals surface area contributed by atoms with E-state index in [0.29, 0.717) is 27.5 Å². The molecule has 0 aliphatic carbocycles. The van der Waals surface area contributed by atoms with Gasteiger partial charge < -0.3 is 5.32 Å². The average molecular weight is 366 g/mol. The van der Waals surface area contributed by atoms with Gasteiger partial charge in [-0.1, -0.05) is 35.9 Å². The van der Waals surface area contributed by atoms with Gasteiger partial charge in [0, 0.05) is 25.2 Å². The molecule has 0 radical (unpaired) electrons. The molecule has 0 fully saturated rings. The van der Waals surface area contributed by atoms with E-state index in [9.17, 15) is 9.59 Å². The van der Waals surface area contributed by atoms with Crippen LogP contribution in [0.2, 0.25) is 5.02 Å². The summed E-state index contributed by atoms with van der Waals surface area (Å²) in [6.45, 7) is 0. The lowest BCUT2D eigenvalue weighted by molar-refractivity contribution is 0.0957. The predicted molar refractivity (Wildman–Crippen MR) is 100 cm³/mol. The Morgan fingerprint density at radius 3 is 2.50 bits per heavy atom. The summed E-state index contributed by atoms with van der Waals surface area (Å²) in [6.07, 6.45) is 1.75. The molecule has 5 nitrogen and oxygen atoms in total. The van der Waals surface area contributed by atoms with Gasteiger partial charge in [0.15, 0.2) is 5.78 Å². The number of pyridine rings is 2. The fourth-order valence-electron chi connectivity index (χ4n) is 2.57. The maximum absolute atomic E-state index is 12.7. The first-order chi connectivity index (χ1) is 12.6. The van der Waals surface area contributed by atoms with Crippen molar-refractivity contribution in [1.82, 2.24) is 15.3 Å². The van der Waals surface area contributed by atoms with Gasteiger partial charge in [0.05, 0.1) is 16.4 Å². The van der Waals surface area contributed by atoms with E-state index in [1.807, 2.05) is 6.07 Å². The van der Waals surface area contributed by atoms with Gasteiger partial charge in [0.25, 0.3) is 5.91 Å². The molecular formula is C20H16ClN3O2. The molecule has 0 saturated heterocycles. The third kappa shape index (κ3) is 3.78. The predicted octanol–water partition coefficient (Wildman–Crippen LogP) is 3.58. The van der Waals surface area contributed by atoms with E-state index >= 15 is 0 Å². The second-order valence-electron chi connectivity index (χ2n) is 5.58. The molecule has 2 aromatic heterocycles. The van der Waals surface area contributed by atoms with Crippen molar-refractivity contribution in [2.24, 2.45) is 0 Å². The lowest BCUT2D eigenvalue weighted by Gasteiger charge is -2.10. The second-order valence-corrected chi connectivity index (χ2v) is 5.99. The number of carbonyl (C=O) groups excluding carboxylic acids is 2. The van der Waals surface area contributed by atoms with Gasteiger partial charge in [-0.25, -0.2) is 4.98 Å². The lowest BCUT2D eigenvalue weighted by Crippen LogP contribution is -2.20. The number of hydrogen-bond acceptors (Lipinski definition) is 4. The van der Waals surface area contributed by atoms with Crippen molar-refractivity contribution in [1.29, 1.82) is 0 Å². The van der Waals surface area contributed by atoms with Gasteiger partial charge in [-0.2, -0.15) is 0 Å². The summed E-state index contributed by atoms with van der Waals surface area (Å²) in [7, 11) is 1.54. The monoisotopic (exact) mass is 365 g/mol. The van der Waals surface area contributed by atoms with E-state index in [1.165, 1.54) is 0 Å². The molecule has 1 aromatic carbocycles. The van der Waals surface area contributed by atoms with Gasteiger partial charge >= 0.3 is 0 Å². The van der Waals surface area contributed by atoms with E-state index in [4.69, 9.17) is 11.6 Å². The maximum Gasteiger partial charge on any atom is 0.269 e. The summed E-state index contributed by atoms with van der Waals surface area (Å²) in [4.78, 5) is 33.3. The van der Waals surface area contributed by atoms with E-state index < -0.39 is 0 Å². The van der Waals surface area contributed by atoms with E-state index in [-0.39, 0.29) is 23.8 Å². The molecule has 3 aromatic rings. The summed E-state index contributed by atoms with van der Waals surface area (Å²) < 4.78 is 0. The van der Waals surface area contributed by atoms with Gasteiger partial charge in [-0.3, -0.25) is 14.6 Å². The molecule has 1 N–H and O–H groups in total. The second kappa shape index (κ2) is 7.89. The van der Waals surface area contributed by atoms with Crippen molar-refractivity contribution in [2.75, 3.05) is 7.05 Å². The zero-order chi connectivity index (χ0) is 18.5. The fourth-order valence-corrected chi connectivity index (χ4v) is 2.81. The molecule has 0 saturated carbocycles. The largest absolute Gasteiger partial charge is 0.354 e. The van der Waals surface area contributed by atoms with Gasteiger partial charge in [-0.05, 0) is 35.9 Å². The third-order valence-electron chi connectivity index (χ3n) is 3.87. The number of Topliss-reactive ketones (excluding diaryl/α,β-unsaturated/α-hetero) is 1. The first kappa shape index (κ1) is 17.8. The Kier molecular flexibility index (Phi) is 5.39. The van der Waals surface area contributed by atoms with Gasteiger partial charge in [0.1, 0.15) is 5.69 Å². The van der Waals surface area contributed by atoms with E-state index in [0.717, 1.165) is 0 Å². The van der Waals surface area contributed by atoms with Crippen LogP contribution < -0.4 is 5.32 Å². The molecule has 0 bridgehead atoms. The number of nitrogens with one attached hydrogen (secondary N) is 1.